The number of urea groups is 1. The predicted octanol–water partition coefficient (Wildman–Crippen LogP) is 0.879. The van der Waals surface area contributed by atoms with Gasteiger partial charge in [-0.15, -0.1) is 0 Å². The molecule has 3 N–H and O–H groups in total. The Morgan fingerprint density at radius 3 is 2.55 bits per heavy atom. The molecule has 0 saturated heterocycles. The average Bonchev–Trinajstić information content (AvgIpc) is 2.74. The van der Waals surface area contributed by atoms with Gasteiger partial charge in [0.25, 0.3) is 0 Å². The van der Waals surface area contributed by atoms with Gasteiger partial charge in [-0.2, -0.15) is 13.2 Å². The second kappa shape index (κ2) is 6.12. The molecule has 0 bridgehead atoms. The van der Waals surface area contributed by atoms with Crippen LogP contribution in [0.15, 0.2) is 12.4 Å². The van der Waals surface area contributed by atoms with Crippen molar-refractivity contribution in [3.05, 3.63) is 18.2 Å². The highest BCUT2D eigenvalue weighted by Gasteiger charge is 2.57. The summed E-state index contributed by atoms with van der Waals surface area (Å²) in [5.41, 5.74) is -3.11. The first-order valence-electron chi connectivity index (χ1n) is 6.01. The van der Waals surface area contributed by atoms with Crippen LogP contribution in [-0.4, -0.2) is 40.0 Å². The van der Waals surface area contributed by atoms with Gasteiger partial charge in [0.05, 0.1) is 0 Å². The smallest absolute Gasteiger partial charge is 0.374 e. The number of rotatable bonds is 5. The minimum absolute atomic E-state index is 0.339. The highest BCUT2D eigenvalue weighted by molar-refractivity contribution is 5.73. The number of imidazole rings is 1. The van der Waals surface area contributed by atoms with Crippen LogP contribution < -0.4 is 10.6 Å². The summed E-state index contributed by atoms with van der Waals surface area (Å²) in [5, 5.41) is 14.6. The number of carbonyl (C=O) groups excluding carboxylic acids is 1. The number of nitrogens with zero attached hydrogens (tertiary/aromatic N) is 2. The van der Waals surface area contributed by atoms with Gasteiger partial charge in [0.15, 0.2) is 0 Å². The van der Waals surface area contributed by atoms with E-state index in [9.17, 15) is 23.1 Å². The quantitative estimate of drug-likeness (QED) is 0.754. The Kier molecular flexibility index (Phi) is 4.98. The average molecular weight is 294 g/mol. The van der Waals surface area contributed by atoms with E-state index in [1.165, 1.54) is 19.4 Å². The summed E-state index contributed by atoms with van der Waals surface area (Å²) in [6, 6.07) is -0.586. The van der Waals surface area contributed by atoms with Crippen LogP contribution in [-0.2, 0) is 12.6 Å². The van der Waals surface area contributed by atoms with E-state index in [2.05, 4.69) is 15.6 Å². The Morgan fingerprint density at radius 2 is 2.10 bits per heavy atom. The van der Waals surface area contributed by atoms with Crippen molar-refractivity contribution in [2.45, 2.75) is 25.1 Å². The van der Waals surface area contributed by atoms with Gasteiger partial charge in [0.2, 0.25) is 5.60 Å². The van der Waals surface area contributed by atoms with E-state index in [-0.39, 0.29) is 6.54 Å². The Bertz CT molecular complexity index is 461. The molecule has 0 unspecified atom stereocenters. The normalized spacial score (nSPS) is 14.7. The molecule has 0 radical (unpaired) electrons. The predicted molar refractivity (Wildman–Crippen MR) is 64.9 cm³/mol. The summed E-state index contributed by atoms with van der Waals surface area (Å²) >= 11 is 0. The molecule has 0 aliphatic heterocycles. The Balaban J connectivity index is 2.82. The summed E-state index contributed by atoms with van der Waals surface area (Å²) in [6.45, 7) is 1.70. The molecule has 0 aliphatic carbocycles. The van der Waals surface area contributed by atoms with Gasteiger partial charge in [0, 0.05) is 39.0 Å². The van der Waals surface area contributed by atoms with Crippen LogP contribution in [0.3, 0.4) is 0 Å². The molecule has 1 aromatic heterocycles. The van der Waals surface area contributed by atoms with Crippen molar-refractivity contribution in [3.63, 3.8) is 0 Å². The lowest BCUT2D eigenvalue weighted by Gasteiger charge is -2.29. The van der Waals surface area contributed by atoms with E-state index in [0.717, 1.165) is 4.57 Å². The monoisotopic (exact) mass is 294 g/mol. The van der Waals surface area contributed by atoms with Crippen LogP contribution in [0, 0.1) is 0 Å². The van der Waals surface area contributed by atoms with E-state index < -0.39 is 30.1 Å². The first-order chi connectivity index (χ1) is 9.22. The number of nitrogens with one attached hydrogen (secondary N) is 2. The van der Waals surface area contributed by atoms with E-state index in [4.69, 9.17) is 0 Å². The second-order valence-electron chi connectivity index (χ2n) is 4.26. The van der Waals surface area contributed by atoms with Crippen molar-refractivity contribution in [2.24, 2.45) is 7.05 Å². The topological polar surface area (TPSA) is 79.2 Å². The summed E-state index contributed by atoms with van der Waals surface area (Å²) in [4.78, 5) is 14.7. The summed E-state index contributed by atoms with van der Waals surface area (Å²) < 4.78 is 40.4. The zero-order valence-electron chi connectivity index (χ0n) is 11.2. The lowest BCUT2D eigenvalue weighted by Crippen LogP contribution is -2.47. The van der Waals surface area contributed by atoms with Crippen molar-refractivity contribution < 1.29 is 23.1 Å². The van der Waals surface area contributed by atoms with Crippen LogP contribution in [0.25, 0.3) is 0 Å². The maximum Gasteiger partial charge on any atom is 0.424 e. The number of aliphatic hydroxyl groups is 1. The van der Waals surface area contributed by atoms with Gasteiger partial charge in [-0.1, -0.05) is 0 Å². The molecule has 20 heavy (non-hydrogen) atoms. The minimum atomic E-state index is -4.89. The first kappa shape index (κ1) is 16.3. The van der Waals surface area contributed by atoms with Gasteiger partial charge < -0.3 is 20.3 Å². The number of hydrogen-bond acceptors (Lipinski definition) is 3. The van der Waals surface area contributed by atoms with Crippen molar-refractivity contribution in [1.82, 2.24) is 20.2 Å². The van der Waals surface area contributed by atoms with E-state index in [1.807, 2.05) is 0 Å². The fraction of sp³-hybridized carbons (Fsp3) is 0.636. The standard InChI is InChI=1S/C11H17F3N4O2/c1-3-15-9(19)17-5-4-10(20,11(12,13)14)8-16-6-7-18(8)2/h6-7,20H,3-5H2,1-2H3,(H2,15,17,19)/t10-/m0/s1. The molecule has 114 valence electrons. The third kappa shape index (κ3) is 3.41. The molecule has 0 aliphatic rings. The summed E-state index contributed by atoms with van der Waals surface area (Å²) in [7, 11) is 1.36. The molecule has 2 amide bonds. The number of aromatic nitrogens is 2. The molecule has 0 spiro atoms. The van der Waals surface area contributed by atoms with Crippen molar-refractivity contribution in [1.29, 1.82) is 0 Å². The van der Waals surface area contributed by atoms with E-state index >= 15 is 0 Å². The highest BCUT2D eigenvalue weighted by atomic mass is 19.4. The van der Waals surface area contributed by atoms with Crippen LogP contribution in [0.1, 0.15) is 19.2 Å². The Morgan fingerprint density at radius 1 is 1.45 bits per heavy atom. The summed E-state index contributed by atoms with van der Waals surface area (Å²) in [5.74, 6) is -0.511. The lowest BCUT2D eigenvalue weighted by atomic mass is 9.97. The number of aryl methyl sites for hydroxylation is 1. The molecule has 1 rings (SSSR count). The molecule has 9 heteroatoms. The molecule has 1 aromatic rings. The molecule has 0 aromatic carbocycles. The SMILES string of the molecule is CCNC(=O)NCC[C@](O)(c1nccn1C)C(F)(F)F. The molecule has 6 nitrogen and oxygen atoms in total. The molecule has 1 heterocycles. The molecule has 0 fully saturated rings. The Labute approximate surface area is 114 Å². The van der Waals surface area contributed by atoms with Crippen molar-refractivity contribution in [2.75, 3.05) is 13.1 Å². The van der Waals surface area contributed by atoms with Crippen LogP contribution >= 0.6 is 0 Å². The van der Waals surface area contributed by atoms with E-state index in [1.54, 1.807) is 6.92 Å². The molecular formula is C11H17F3N4O2. The first-order valence-corrected chi connectivity index (χ1v) is 6.01. The van der Waals surface area contributed by atoms with Crippen LogP contribution in [0.5, 0.6) is 0 Å². The maximum absolute atomic E-state index is 13.1. The fourth-order valence-corrected chi connectivity index (χ4v) is 1.72. The van der Waals surface area contributed by atoms with Gasteiger partial charge in [0.1, 0.15) is 5.82 Å². The third-order valence-electron chi connectivity index (χ3n) is 2.77. The Hall–Kier alpha value is -1.77. The molecular weight excluding hydrogens is 277 g/mol. The number of amides is 2. The minimum Gasteiger partial charge on any atom is -0.374 e. The highest BCUT2D eigenvalue weighted by Crippen LogP contribution is 2.40. The summed E-state index contributed by atoms with van der Waals surface area (Å²) in [6.07, 6.45) is -3.14. The van der Waals surface area contributed by atoms with Crippen LogP contribution in [0.4, 0.5) is 18.0 Å². The number of hydrogen-bond donors (Lipinski definition) is 3. The molecule has 1 atom stereocenters. The largest absolute Gasteiger partial charge is 0.424 e. The second-order valence-corrected chi connectivity index (χ2v) is 4.26. The number of carbonyl (C=O) groups is 1. The lowest BCUT2D eigenvalue weighted by molar-refractivity contribution is -0.272. The van der Waals surface area contributed by atoms with Crippen molar-refractivity contribution >= 4 is 6.03 Å². The van der Waals surface area contributed by atoms with Gasteiger partial charge in [-0.3, -0.25) is 0 Å². The zero-order chi connectivity index (χ0) is 15.4. The fourth-order valence-electron chi connectivity index (χ4n) is 1.72. The zero-order valence-corrected chi connectivity index (χ0v) is 11.2. The third-order valence-corrected chi connectivity index (χ3v) is 2.77. The van der Waals surface area contributed by atoms with Gasteiger partial charge >= 0.3 is 12.2 Å². The number of halogens is 3. The van der Waals surface area contributed by atoms with Gasteiger partial charge in [-0.05, 0) is 6.92 Å². The van der Waals surface area contributed by atoms with Crippen molar-refractivity contribution in [3.8, 4) is 0 Å². The van der Waals surface area contributed by atoms with Gasteiger partial charge in [-0.25, -0.2) is 9.78 Å². The maximum atomic E-state index is 13.1. The van der Waals surface area contributed by atoms with E-state index in [0.29, 0.717) is 6.54 Å². The number of alkyl halides is 3. The molecule has 0 saturated carbocycles. The van der Waals surface area contributed by atoms with Crippen LogP contribution in [0.2, 0.25) is 0 Å².